The minimum absolute atomic E-state index is 0.0202. The average molecular weight is 418 g/mol. The first kappa shape index (κ1) is 19.6. The summed E-state index contributed by atoms with van der Waals surface area (Å²) >= 11 is 6.28. The van der Waals surface area contributed by atoms with Gasteiger partial charge in [0.1, 0.15) is 16.9 Å². The van der Waals surface area contributed by atoms with E-state index in [4.69, 9.17) is 25.2 Å². The number of anilines is 1. The third-order valence-corrected chi connectivity index (χ3v) is 4.97. The Morgan fingerprint density at radius 1 is 1.31 bits per heavy atom. The standard InChI is InChI=1S/C21H24ClN3O4/c1-13-12-24(20(26)29-21(2,3)4)7-8-25(13)19-23-16-11-14(22)10-15(18(16)28-19)17-6-5-9-27-17/h5-6,9-11,13H,7-8,12H2,1-4H3. The molecule has 0 saturated carbocycles. The van der Waals surface area contributed by atoms with Crippen LogP contribution in [0.2, 0.25) is 5.02 Å². The molecular weight excluding hydrogens is 394 g/mol. The van der Waals surface area contributed by atoms with Crippen LogP contribution in [0.3, 0.4) is 0 Å². The molecule has 0 aliphatic carbocycles. The Labute approximate surface area is 174 Å². The number of benzene rings is 1. The molecule has 1 aliphatic rings. The second-order valence-electron chi connectivity index (χ2n) is 8.24. The number of hydrogen-bond acceptors (Lipinski definition) is 6. The SMILES string of the molecule is CC1CN(C(=O)OC(C)(C)C)CCN1c1nc2cc(Cl)cc(-c3ccco3)c2o1. The van der Waals surface area contributed by atoms with Crippen LogP contribution in [0.1, 0.15) is 27.7 Å². The number of oxazole rings is 1. The van der Waals surface area contributed by atoms with Gasteiger partial charge in [-0.25, -0.2) is 4.79 Å². The summed E-state index contributed by atoms with van der Waals surface area (Å²) in [6.07, 6.45) is 1.31. The van der Waals surface area contributed by atoms with Gasteiger partial charge in [-0.15, -0.1) is 0 Å². The number of amides is 1. The molecule has 29 heavy (non-hydrogen) atoms. The highest BCUT2D eigenvalue weighted by molar-refractivity contribution is 6.31. The number of piperazine rings is 1. The monoisotopic (exact) mass is 417 g/mol. The fraction of sp³-hybridized carbons (Fsp3) is 0.429. The topological polar surface area (TPSA) is 72.0 Å². The second-order valence-corrected chi connectivity index (χ2v) is 8.68. The zero-order chi connectivity index (χ0) is 20.8. The smallest absolute Gasteiger partial charge is 0.410 e. The Morgan fingerprint density at radius 3 is 2.76 bits per heavy atom. The number of fused-ring (bicyclic) bond motifs is 1. The predicted molar refractivity (Wildman–Crippen MR) is 111 cm³/mol. The minimum Gasteiger partial charge on any atom is -0.464 e. The fourth-order valence-corrected chi connectivity index (χ4v) is 3.67. The van der Waals surface area contributed by atoms with Gasteiger partial charge >= 0.3 is 6.09 Å². The van der Waals surface area contributed by atoms with E-state index in [1.807, 2.05) is 45.9 Å². The molecule has 0 radical (unpaired) electrons. The Hall–Kier alpha value is -2.67. The van der Waals surface area contributed by atoms with Crippen LogP contribution in [0.25, 0.3) is 22.4 Å². The highest BCUT2D eigenvalue weighted by atomic mass is 35.5. The van der Waals surface area contributed by atoms with Gasteiger partial charge < -0.3 is 23.4 Å². The Kier molecular flexibility index (Phi) is 4.94. The summed E-state index contributed by atoms with van der Waals surface area (Å²) in [7, 11) is 0. The van der Waals surface area contributed by atoms with Crippen LogP contribution in [0.15, 0.2) is 39.4 Å². The number of carbonyl (C=O) groups excluding carboxylic acids is 1. The highest BCUT2D eigenvalue weighted by Crippen LogP contribution is 2.35. The maximum absolute atomic E-state index is 12.4. The molecule has 1 atom stereocenters. The van der Waals surface area contributed by atoms with E-state index in [-0.39, 0.29) is 12.1 Å². The van der Waals surface area contributed by atoms with Crippen LogP contribution < -0.4 is 4.90 Å². The highest BCUT2D eigenvalue weighted by Gasteiger charge is 2.32. The van der Waals surface area contributed by atoms with Crippen LogP contribution in [-0.2, 0) is 4.74 Å². The minimum atomic E-state index is -0.515. The molecule has 8 heteroatoms. The second kappa shape index (κ2) is 7.30. The molecular formula is C21H24ClN3O4. The molecule has 1 unspecified atom stereocenters. The molecule has 1 aromatic carbocycles. The molecule has 2 aromatic heterocycles. The summed E-state index contributed by atoms with van der Waals surface area (Å²) in [4.78, 5) is 20.8. The molecule has 3 aromatic rings. The third kappa shape index (κ3) is 4.05. The first-order valence-electron chi connectivity index (χ1n) is 9.60. The Bertz CT molecular complexity index is 1020. The van der Waals surface area contributed by atoms with Crippen LogP contribution in [0, 0.1) is 0 Å². The summed E-state index contributed by atoms with van der Waals surface area (Å²) in [5, 5.41) is 0.562. The number of furan rings is 1. The van der Waals surface area contributed by atoms with Crippen molar-refractivity contribution in [1.29, 1.82) is 0 Å². The van der Waals surface area contributed by atoms with Crippen LogP contribution >= 0.6 is 11.6 Å². The van der Waals surface area contributed by atoms with E-state index in [0.29, 0.717) is 47.5 Å². The third-order valence-electron chi connectivity index (χ3n) is 4.76. The molecule has 1 saturated heterocycles. The number of rotatable bonds is 2. The van der Waals surface area contributed by atoms with Crippen molar-refractivity contribution in [3.05, 3.63) is 35.6 Å². The van der Waals surface area contributed by atoms with Gasteiger partial charge in [-0.3, -0.25) is 0 Å². The molecule has 3 heterocycles. The average Bonchev–Trinajstić information content (AvgIpc) is 3.29. The van der Waals surface area contributed by atoms with Crippen molar-refractivity contribution in [2.45, 2.75) is 39.3 Å². The van der Waals surface area contributed by atoms with Gasteiger partial charge in [-0.05, 0) is 52.0 Å². The van der Waals surface area contributed by atoms with E-state index in [9.17, 15) is 4.79 Å². The van der Waals surface area contributed by atoms with Crippen molar-refractivity contribution in [2.24, 2.45) is 0 Å². The van der Waals surface area contributed by atoms with Crippen LogP contribution in [0.4, 0.5) is 10.8 Å². The predicted octanol–water partition coefficient (Wildman–Crippen LogP) is 5.19. The maximum atomic E-state index is 12.4. The Morgan fingerprint density at radius 2 is 2.10 bits per heavy atom. The number of ether oxygens (including phenoxy) is 1. The summed E-state index contributed by atoms with van der Waals surface area (Å²) in [5.41, 5.74) is 1.54. The normalized spacial score (nSPS) is 17.8. The summed E-state index contributed by atoms with van der Waals surface area (Å²) in [6, 6.07) is 7.78. The number of aromatic nitrogens is 1. The van der Waals surface area contributed by atoms with Gasteiger partial charge in [0, 0.05) is 30.7 Å². The van der Waals surface area contributed by atoms with Gasteiger partial charge in [0.05, 0.1) is 11.8 Å². The largest absolute Gasteiger partial charge is 0.464 e. The molecule has 7 nitrogen and oxygen atoms in total. The summed E-state index contributed by atoms with van der Waals surface area (Å²) in [5.74, 6) is 0.669. The summed E-state index contributed by atoms with van der Waals surface area (Å²) < 4.78 is 17.1. The first-order chi connectivity index (χ1) is 13.7. The van der Waals surface area contributed by atoms with Crippen molar-refractivity contribution >= 4 is 34.8 Å². The first-order valence-corrected chi connectivity index (χ1v) is 9.97. The summed E-state index contributed by atoms with van der Waals surface area (Å²) in [6.45, 7) is 9.28. The molecule has 1 aliphatic heterocycles. The molecule has 154 valence electrons. The quantitative estimate of drug-likeness (QED) is 0.571. The fourth-order valence-electron chi connectivity index (χ4n) is 3.46. The molecule has 1 amide bonds. The van der Waals surface area contributed by atoms with Crippen LogP contribution in [0.5, 0.6) is 0 Å². The van der Waals surface area contributed by atoms with Gasteiger partial charge in [0.25, 0.3) is 6.01 Å². The lowest BCUT2D eigenvalue weighted by atomic mass is 10.1. The lowest BCUT2D eigenvalue weighted by Crippen LogP contribution is -2.54. The molecule has 0 bridgehead atoms. The Balaban J connectivity index is 1.58. The van der Waals surface area contributed by atoms with Gasteiger partial charge in [0.2, 0.25) is 0 Å². The maximum Gasteiger partial charge on any atom is 0.410 e. The zero-order valence-electron chi connectivity index (χ0n) is 16.9. The molecule has 1 fully saturated rings. The van der Waals surface area contributed by atoms with Crippen molar-refractivity contribution in [2.75, 3.05) is 24.5 Å². The lowest BCUT2D eigenvalue weighted by Gasteiger charge is -2.39. The van der Waals surface area contributed by atoms with Crippen molar-refractivity contribution in [3.63, 3.8) is 0 Å². The van der Waals surface area contributed by atoms with E-state index < -0.39 is 5.60 Å². The van der Waals surface area contributed by atoms with E-state index in [0.717, 1.165) is 5.56 Å². The van der Waals surface area contributed by atoms with Crippen molar-refractivity contribution < 1.29 is 18.4 Å². The number of carbonyl (C=O) groups is 1. The van der Waals surface area contributed by atoms with Crippen LogP contribution in [-0.4, -0.2) is 47.3 Å². The van der Waals surface area contributed by atoms with E-state index in [2.05, 4.69) is 9.88 Å². The zero-order valence-corrected chi connectivity index (χ0v) is 17.7. The number of halogens is 1. The molecule has 0 N–H and O–H groups in total. The van der Waals surface area contributed by atoms with Gasteiger partial charge in [0.15, 0.2) is 5.58 Å². The van der Waals surface area contributed by atoms with E-state index >= 15 is 0 Å². The number of hydrogen-bond donors (Lipinski definition) is 0. The lowest BCUT2D eigenvalue weighted by molar-refractivity contribution is 0.0216. The van der Waals surface area contributed by atoms with E-state index in [1.54, 1.807) is 17.2 Å². The van der Waals surface area contributed by atoms with Crippen molar-refractivity contribution in [3.8, 4) is 11.3 Å². The van der Waals surface area contributed by atoms with Gasteiger partial charge in [-0.1, -0.05) is 11.6 Å². The number of nitrogens with zero attached hydrogens (tertiary/aromatic N) is 3. The van der Waals surface area contributed by atoms with E-state index in [1.165, 1.54) is 0 Å². The molecule has 4 rings (SSSR count). The van der Waals surface area contributed by atoms with Crippen molar-refractivity contribution in [1.82, 2.24) is 9.88 Å². The molecule has 0 spiro atoms. The van der Waals surface area contributed by atoms with Gasteiger partial charge in [-0.2, -0.15) is 4.98 Å².